The van der Waals surface area contributed by atoms with Crippen LogP contribution in [-0.4, -0.2) is 53.5 Å². The van der Waals surface area contributed by atoms with Crippen LogP contribution in [0.3, 0.4) is 0 Å². The molecule has 0 bridgehead atoms. The molecule has 7 nitrogen and oxygen atoms in total. The number of pyridine rings is 1. The normalized spacial score (nSPS) is 14.3. The fraction of sp³-hybridized carbons (Fsp3) is 0.269. The van der Waals surface area contributed by atoms with Crippen molar-refractivity contribution in [1.29, 1.82) is 0 Å². The first kappa shape index (κ1) is 22.3. The molecule has 0 aliphatic carbocycles. The summed E-state index contributed by atoms with van der Waals surface area (Å²) in [4.78, 5) is 27.3. The first-order chi connectivity index (χ1) is 16.7. The molecule has 1 amide bonds. The second-order valence-corrected chi connectivity index (χ2v) is 9.25. The Morgan fingerprint density at radius 3 is 2.62 bits per heavy atom. The number of nitrogens with zero attached hydrogens (tertiary/aromatic N) is 4. The summed E-state index contributed by atoms with van der Waals surface area (Å²) in [5.41, 5.74) is 3.46. The van der Waals surface area contributed by atoms with Gasteiger partial charge in [0.25, 0.3) is 5.91 Å². The van der Waals surface area contributed by atoms with Crippen molar-refractivity contribution in [3.8, 4) is 10.8 Å². The van der Waals surface area contributed by atoms with E-state index in [1.54, 1.807) is 6.92 Å². The summed E-state index contributed by atoms with van der Waals surface area (Å²) in [6, 6.07) is 16.0. The van der Waals surface area contributed by atoms with E-state index in [0.29, 0.717) is 17.3 Å². The number of carbonyl (C=O) groups is 1. The van der Waals surface area contributed by atoms with Crippen molar-refractivity contribution in [1.82, 2.24) is 14.9 Å². The number of benzene rings is 1. The minimum Gasteiger partial charge on any atom is -0.440 e. The lowest BCUT2D eigenvalue weighted by Crippen LogP contribution is -2.47. The van der Waals surface area contributed by atoms with Crippen molar-refractivity contribution in [2.75, 3.05) is 42.9 Å². The van der Waals surface area contributed by atoms with E-state index in [1.807, 2.05) is 48.1 Å². The zero-order valence-electron chi connectivity index (χ0n) is 19.1. The summed E-state index contributed by atoms with van der Waals surface area (Å²) in [7, 11) is 0. The molecule has 0 spiro atoms. The lowest BCUT2D eigenvalue weighted by Gasteiger charge is -2.37. The Hall–Kier alpha value is -3.49. The Labute approximate surface area is 203 Å². The van der Waals surface area contributed by atoms with Crippen LogP contribution in [0.1, 0.15) is 21.8 Å². The van der Waals surface area contributed by atoms with Gasteiger partial charge in [-0.25, -0.2) is 4.98 Å². The molecule has 1 fully saturated rings. The Bertz CT molecular complexity index is 1230. The molecule has 1 aliphatic rings. The van der Waals surface area contributed by atoms with Gasteiger partial charge in [0.15, 0.2) is 5.69 Å². The van der Waals surface area contributed by atoms with Gasteiger partial charge in [-0.05, 0) is 54.6 Å². The number of oxazole rings is 1. The van der Waals surface area contributed by atoms with Crippen molar-refractivity contribution in [2.45, 2.75) is 13.3 Å². The Morgan fingerprint density at radius 1 is 1.06 bits per heavy atom. The zero-order valence-corrected chi connectivity index (χ0v) is 19.9. The SMILES string of the molecule is Cc1oc(-c2cccs2)nc1C(=O)Nc1ccccc1N1CCN(CCc2ccncc2)CC1. The summed E-state index contributed by atoms with van der Waals surface area (Å²) < 4.78 is 5.75. The van der Waals surface area contributed by atoms with Crippen LogP contribution in [0.4, 0.5) is 11.4 Å². The predicted molar refractivity (Wildman–Crippen MR) is 136 cm³/mol. The van der Waals surface area contributed by atoms with Crippen LogP contribution in [-0.2, 0) is 6.42 Å². The van der Waals surface area contributed by atoms with Gasteiger partial charge in [-0.15, -0.1) is 11.3 Å². The highest BCUT2D eigenvalue weighted by Gasteiger charge is 2.22. The van der Waals surface area contributed by atoms with Crippen molar-refractivity contribution in [3.05, 3.63) is 83.3 Å². The molecule has 3 aromatic heterocycles. The Kier molecular flexibility index (Phi) is 6.69. The highest BCUT2D eigenvalue weighted by molar-refractivity contribution is 7.13. The summed E-state index contributed by atoms with van der Waals surface area (Å²) in [6.45, 7) is 6.60. The molecule has 8 heteroatoms. The Morgan fingerprint density at radius 2 is 1.85 bits per heavy atom. The quantitative estimate of drug-likeness (QED) is 0.419. The standard InChI is InChI=1S/C26H27N5O2S/c1-19-24(29-26(33-19)23-7-4-18-34-23)25(32)28-21-5-2-3-6-22(21)31-16-14-30(15-17-31)13-10-20-8-11-27-12-9-20/h2-9,11-12,18H,10,13-17H2,1H3,(H,28,32). The van der Waals surface area contributed by atoms with Crippen LogP contribution in [0.5, 0.6) is 0 Å². The average Bonchev–Trinajstić information content (AvgIpc) is 3.54. The van der Waals surface area contributed by atoms with E-state index in [4.69, 9.17) is 4.42 Å². The van der Waals surface area contributed by atoms with Crippen molar-refractivity contribution >= 4 is 28.6 Å². The van der Waals surface area contributed by atoms with Gasteiger partial charge in [0.1, 0.15) is 5.76 Å². The second kappa shape index (κ2) is 10.2. The highest BCUT2D eigenvalue weighted by atomic mass is 32.1. The molecule has 1 aromatic carbocycles. The van der Waals surface area contributed by atoms with Crippen molar-refractivity contribution in [2.24, 2.45) is 0 Å². The largest absolute Gasteiger partial charge is 0.440 e. The molecule has 0 atom stereocenters. The van der Waals surface area contributed by atoms with E-state index in [1.165, 1.54) is 16.9 Å². The van der Waals surface area contributed by atoms with Crippen LogP contribution < -0.4 is 10.2 Å². The minimum atomic E-state index is -0.257. The number of anilines is 2. The molecular weight excluding hydrogens is 446 g/mol. The number of rotatable bonds is 7. The van der Waals surface area contributed by atoms with Gasteiger partial charge >= 0.3 is 0 Å². The Balaban J connectivity index is 1.23. The van der Waals surface area contributed by atoms with Gasteiger partial charge < -0.3 is 14.6 Å². The van der Waals surface area contributed by atoms with Gasteiger partial charge in [0, 0.05) is 45.1 Å². The molecule has 0 unspecified atom stereocenters. The van der Waals surface area contributed by atoms with E-state index in [2.05, 4.69) is 43.3 Å². The molecule has 1 saturated heterocycles. The van der Waals surface area contributed by atoms with Gasteiger partial charge in [0.2, 0.25) is 5.89 Å². The smallest absolute Gasteiger partial charge is 0.277 e. The average molecular weight is 474 g/mol. The number of nitrogens with one attached hydrogen (secondary N) is 1. The predicted octanol–water partition coefficient (Wildman–Crippen LogP) is 4.72. The second-order valence-electron chi connectivity index (χ2n) is 8.31. The third-order valence-corrected chi connectivity index (χ3v) is 6.93. The molecule has 5 rings (SSSR count). The maximum atomic E-state index is 13.1. The molecule has 4 aromatic rings. The summed E-state index contributed by atoms with van der Waals surface area (Å²) in [5, 5.41) is 5.02. The lowest BCUT2D eigenvalue weighted by atomic mass is 10.1. The van der Waals surface area contributed by atoms with Crippen molar-refractivity contribution in [3.63, 3.8) is 0 Å². The van der Waals surface area contributed by atoms with Crippen molar-refractivity contribution < 1.29 is 9.21 Å². The van der Waals surface area contributed by atoms with Crippen LogP contribution in [0.2, 0.25) is 0 Å². The minimum absolute atomic E-state index is 0.257. The highest BCUT2D eigenvalue weighted by Crippen LogP contribution is 2.29. The zero-order chi connectivity index (χ0) is 23.3. The first-order valence-electron chi connectivity index (χ1n) is 11.5. The van der Waals surface area contributed by atoms with E-state index in [9.17, 15) is 4.79 Å². The monoisotopic (exact) mass is 473 g/mol. The number of thiophene rings is 1. The third kappa shape index (κ3) is 5.03. The number of para-hydroxylation sites is 2. The molecule has 174 valence electrons. The summed E-state index contributed by atoms with van der Waals surface area (Å²) >= 11 is 1.54. The van der Waals surface area contributed by atoms with Crippen LogP contribution in [0.25, 0.3) is 10.8 Å². The van der Waals surface area contributed by atoms with Gasteiger partial charge in [0.05, 0.1) is 16.3 Å². The molecule has 34 heavy (non-hydrogen) atoms. The number of hydrogen-bond acceptors (Lipinski definition) is 7. The number of aryl methyl sites for hydroxylation is 1. The number of amides is 1. The van der Waals surface area contributed by atoms with E-state index in [0.717, 1.165) is 55.4 Å². The third-order valence-electron chi connectivity index (χ3n) is 6.07. The maximum absolute atomic E-state index is 13.1. The van der Waals surface area contributed by atoms with Crippen LogP contribution in [0.15, 0.2) is 70.7 Å². The molecule has 4 heterocycles. The molecule has 1 aliphatic heterocycles. The lowest BCUT2D eigenvalue weighted by molar-refractivity contribution is 0.102. The van der Waals surface area contributed by atoms with Gasteiger partial charge in [-0.1, -0.05) is 18.2 Å². The maximum Gasteiger partial charge on any atom is 0.277 e. The summed E-state index contributed by atoms with van der Waals surface area (Å²) in [5.74, 6) is 0.738. The first-order valence-corrected chi connectivity index (χ1v) is 12.3. The fourth-order valence-electron chi connectivity index (χ4n) is 4.20. The van der Waals surface area contributed by atoms with E-state index < -0.39 is 0 Å². The van der Waals surface area contributed by atoms with Crippen LogP contribution in [0, 0.1) is 6.92 Å². The van der Waals surface area contributed by atoms with Crippen LogP contribution >= 0.6 is 11.3 Å². The van der Waals surface area contributed by atoms with Gasteiger partial charge in [-0.3, -0.25) is 14.7 Å². The van der Waals surface area contributed by atoms with E-state index >= 15 is 0 Å². The molecule has 0 radical (unpaired) electrons. The molecular formula is C26H27N5O2S. The number of hydrogen-bond donors (Lipinski definition) is 1. The number of aromatic nitrogens is 2. The van der Waals surface area contributed by atoms with Gasteiger partial charge in [-0.2, -0.15) is 0 Å². The molecule has 0 saturated carbocycles. The number of piperazine rings is 1. The fourth-order valence-corrected chi connectivity index (χ4v) is 4.85. The van der Waals surface area contributed by atoms with E-state index in [-0.39, 0.29) is 5.91 Å². The summed E-state index contributed by atoms with van der Waals surface area (Å²) in [6.07, 6.45) is 4.73. The topological polar surface area (TPSA) is 74.5 Å². The molecule has 1 N–H and O–H groups in total. The number of carbonyl (C=O) groups excluding carboxylic acids is 1.